The van der Waals surface area contributed by atoms with Crippen LogP contribution in [0.4, 0.5) is 5.69 Å². The molecular formula is C21H24N2O5. The van der Waals surface area contributed by atoms with Gasteiger partial charge in [-0.1, -0.05) is 12.1 Å². The Labute approximate surface area is 164 Å². The van der Waals surface area contributed by atoms with Gasteiger partial charge in [0.25, 0.3) is 11.8 Å². The maximum absolute atomic E-state index is 12.5. The highest BCUT2D eigenvalue weighted by Gasteiger charge is 2.15. The van der Waals surface area contributed by atoms with Gasteiger partial charge in [-0.2, -0.15) is 0 Å². The van der Waals surface area contributed by atoms with E-state index in [1.54, 1.807) is 62.6 Å². The van der Waals surface area contributed by atoms with Crippen LogP contribution in [0.25, 0.3) is 0 Å². The molecule has 0 unspecified atom stereocenters. The average molecular weight is 384 g/mol. The topological polar surface area (TPSA) is 93.7 Å². The summed E-state index contributed by atoms with van der Waals surface area (Å²) in [4.78, 5) is 36.6. The zero-order valence-electron chi connectivity index (χ0n) is 16.0. The van der Waals surface area contributed by atoms with Crippen molar-refractivity contribution >= 4 is 23.5 Å². The van der Waals surface area contributed by atoms with E-state index in [0.29, 0.717) is 30.0 Å². The molecule has 0 aromatic heterocycles. The molecule has 2 aromatic rings. The van der Waals surface area contributed by atoms with E-state index in [1.807, 2.05) is 0 Å². The van der Waals surface area contributed by atoms with Crippen molar-refractivity contribution in [1.29, 1.82) is 0 Å². The quantitative estimate of drug-likeness (QED) is 0.512. The summed E-state index contributed by atoms with van der Waals surface area (Å²) in [6.07, 6.45) is 0.725. The summed E-state index contributed by atoms with van der Waals surface area (Å²) in [5, 5.41) is 5.49. The van der Waals surface area contributed by atoms with Crippen LogP contribution in [0.2, 0.25) is 0 Å². The fourth-order valence-electron chi connectivity index (χ4n) is 2.47. The second-order valence-corrected chi connectivity index (χ2v) is 5.90. The minimum absolute atomic E-state index is 0.212. The van der Waals surface area contributed by atoms with Gasteiger partial charge in [-0.25, -0.2) is 4.79 Å². The van der Waals surface area contributed by atoms with E-state index in [4.69, 9.17) is 9.47 Å². The van der Waals surface area contributed by atoms with E-state index in [2.05, 4.69) is 10.6 Å². The zero-order chi connectivity index (χ0) is 20.4. The number of rotatable bonds is 9. The van der Waals surface area contributed by atoms with Crippen LogP contribution in [-0.4, -0.2) is 44.7 Å². The van der Waals surface area contributed by atoms with Gasteiger partial charge in [-0.15, -0.1) is 0 Å². The molecular weight excluding hydrogens is 360 g/mol. The fraction of sp³-hybridized carbons (Fsp3) is 0.286. The second-order valence-electron chi connectivity index (χ2n) is 5.90. The van der Waals surface area contributed by atoms with E-state index in [-0.39, 0.29) is 24.0 Å². The molecule has 2 amide bonds. The molecule has 0 radical (unpaired) electrons. The van der Waals surface area contributed by atoms with E-state index >= 15 is 0 Å². The van der Waals surface area contributed by atoms with Crippen LogP contribution >= 0.6 is 0 Å². The molecule has 2 N–H and O–H groups in total. The Balaban J connectivity index is 2.02. The first kappa shape index (κ1) is 21.1. The number of esters is 1. The molecule has 0 bridgehead atoms. The number of para-hydroxylation sites is 1. The normalized spacial score (nSPS) is 10.2. The van der Waals surface area contributed by atoms with E-state index in [9.17, 15) is 14.4 Å². The smallest absolute Gasteiger partial charge is 0.340 e. The number of anilines is 1. The van der Waals surface area contributed by atoms with Crippen LogP contribution < -0.4 is 10.6 Å². The highest BCUT2D eigenvalue weighted by Crippen LogP contribution is 2.17. The molecule has 0 saturated heterocycles. The Morgan fingerprint density at radius 3 is 2.21 bits per heavy atom. The predicted molar refractivity (Wildman–Crippen MR) is 106 cm³/mol. The van der Waals surface area contributed by atoms with Crippen LogP contribution in [0.15, 0.2) is 48.5 Å². The summed E-state index contributed by atoms with van der Waals surface area (Å²) >= 11 is 0. The summed E-state index contributed by atoms with van der Waals surface area (Å²) in [6.45, 7) is 3.05. The lowest BCUT2D eigenvalue weighted by atomic mass is 10.1. The van der Waals surface area contributed by atoms with Crippen molar-refractivity contribution < 1.29 is 23.9 Å². The molecule has 0 aliphatic rings. The van der Waals surface area contributed by atoms with Gasteiger partial charge < -0.3 is 20.1 Å². The van der Waals surface area contributed by atoms with Crippen molar-refractivity contribution in [3.05, 3.63) is 65.2 Å². The Morgan fingerprint density at radius 1 is 0.929 bits per heavy atom. The molecule has 7 nitrogen and oxygen atoms in total. The van der Waals surface area contributed by atoms with Gasteiger partial charge in [0.2, 0.25) is 0 Å². The van der Waals surface area contributed by atoms with Crippen molar-refractivity contribution in [2.75, 3.05) is 32.2 Å². The maximum atomic E-state index is 12.5. The summed E-state index contributed by atoms with van der Waals surface area (Å²) in [7, 11) is 1.61. The number of carbonyl (C=O) groups excluding carboxylic acids is 3. The average Bonchev–Trinajstić information content (AvgIpc) is 2.71. The third-order valence-corrected chi connectivity index (χ3v) is 3.89. The van der Waals surface area contributed by atoms with Crippen molar-refractivity contribution in [2.45, 2.75) is 13.3 Å². The lowest BCUT2D eigenvalue weighted by Gasteiger charge is -2.11. The first-order valence-electron chi connectivity index (χ1n) is 9.01. The number of amides is 2. The van der Waals surface area contributed by atoms with Crippen LogP contribution in [0, 0.1) is 0 Å². The van der Waals surface area contributed by atoms with Crippen LogP contribution in [0.3, 0.4) is 0 Å². The molecule has 148 valence electrons. The van der Waals surface area contributed by atoms with Crippen LogP contribution in [0.5, 0.6) is 0 Å². The predicted octanol–water partition coefficient (Wildman–Crippen LogP) is 2.88. The molecule has 0 saturated carbocycles. The monoisotopic (exact) mass is 384 g/mol. The SMILES string of the molecule is CCOC(=O)c1ccccc1NC(=O)c1ccc(C(=O)NCCCOC)cc1. The molecule has 28 heavy (non-hydrogen) atoms. The van der Waals surface area contributed by atoms with Gasteiger partial charge in [-0.3, -0.25) is 9.59 Å². The number of hydrogen-bond acceptors (Lipinski definition) is 5. The van der Waals surface area contributed by atoms with Gasteiger partial charge >= 0.3 is 5.97 Å². The molecule has 2 aromatic carbocycles. The molecule has 0 heterocycles. The highest BCUT2D eigenvalue weighted by molar-refractivity contribution is 6.08. The third-order valence-electron chi connectivity index (χ3n) is 3.89. The molecule has 0 fully saturated rings. The standard InChI is InChI=1S/C21H24N2O5/c1-3-28-21(26)17-7-4-5-8-18(17)23-20(25)16-11-9-15(10-12-16)19(24)22-13-6-14-27-2/h4-5,7-12H,3,6,13-14H2,1-2H3,(H,22,24)(H,23,25). The molecule has 0 atom stereocenters. The van der Waals surface area contributed by atoms with Crippen molar-refractivity contribution in [1.82, 2.24) is 5.32 Å². The summed E-state index contributed by atoms with van der Waals surface area (Å²) in [6, 6.07) is 12.9. The van der Waals surface area contributed by atoms with E-state index in [0.717, 1.165) is 6.42 Å². The van der Waals surface area contributed by atoms with Gasteiger partial charge in [0.1, 0.15) is 0 Å². The molecule has 7 heteroatoms. The largest absolute Gasteiger partial charge is 0.462 e. The Kier molecular flexibility index (Phi) is 8.17. The first-order chi connectivity index (χ1) is 13.6. The van der Waals surface area contributed by atoms with E-state index in [1.165, 1.54) is 0 Å². The number of ether oxygens (including phenoxy) is 2. The highest BCUT2D eigenvalue weighted by atomic mass is 16.5. The van der Waals surface area contributed by atoms with Gasteiger partial charge in [0.05, 0.1) is 17.9 Å². The zero-order valence-corrected chi connectivity index (χ0v) is 16.0. The van der Waals surface area contributed by atoms with Gasteiger partial charge in [0, 0.05) is 31.4 Å². The minimum Gasteiger partial charge on any atom is -0.462 e. The lowest BCUT2D eigenvalue weighted by Crippen LogP contribution is -2.25. The van der Waals surface area contributed by atoms with Crippen molar-refractivity contribution in [2.24, 2.45) is 0 Å². The number of methoxy groups -OCH3 is 1. The van der Waals surface area contributed by atoms with Crippen LogP contribution in [-0.2, 0) is 9.47 Å². The minimum atomic E-state index is -0.501. The Bertz CT molecular complexity index is 818. The fourth-order valence-corrected chi connectivity index (χ4v) is 2.47. The summed E-state index contributed by atoms with van der Waals surface area (Å²) in [5.74, 6) is -1.10. The Hall–Kier alpha value is -3.19. The number of benzene rings is 2. The number of hydrogen-bond donors (Lipinski definition) is 2. The number of nitrogens with one attached hydrogen (secondary N) is 2. The first-order valence-corrected chi connectivity index (χ1v) is 9.01. The summed E-state index contributed by atoms with van der Waals surface area (Å²) in [5.41, 5.74) is 1.48. The van der Waals surface area contributed by atoms with Crippen molar-refractivity contribution in [3.8, 4) is 0 Å². The molecule has 2 rings (SSSR count). The summed E-state index contributed by atoms with van der Waals surface area (Å²) < 4.78 is 9.94. The third kappa shape index (κ3) is 5.92. The number of carbonyl (C=O) groups is 3. The van der Waals surface area contributed by atoms with Gasteiger partial charge in [0.15, 0.2) is 0 Å². The van der Waals surface area contributed by atoms with E-state index < -0.39 is 5.97 Å². The van der Waals surface area contributed by atoms with Gasteiger partial charge in [-0.05, 0) is 49.7 Å². The Morgan fingerprint density at radius 2 is 1.57 bits per heavy atom. The van der Waals surface area contributed by atoms with Crippen LogP contribution in [0.1, 0.15) is 44.4 Å². The lowest BCUT2D eigenvalue weighted by molar-refractivity contribution is 0.0527. The molecule has 0 aliphatic heterocycles. The molecule has 0 spiro atoms. The maximum Gasteiger partial charge on any atom is 0.340 e. The van der Waals surface area contributed by atoms with Crippen molar-refractivity contribution in [3.63, 3.8) is 0 Å². The second kappa shape index (κ2) is 10.8. The molecule has 0 aliphatic carbocycles.